The number of thioether (sulfide) groups is 1. The van der Waals surface area contributed by atoms with Crippen LogP contribution in [0.4, 0.5) is 4.79 Å². The highest BCUT2D eigenvalue weighted by atomic mass is 32.2. The average molecular weight is 476 g/mol. The molecule has 1 aliphatic heterocycles. The lowest BCUT2D eigenvalue weighted by Gasteiger charge is -2.47. The first-order chi connectivity index (χ1) is 16.0. The Morgan fingerprint density at radius 1 is 0.824 bits per heavy atom. The Bertz CT molecular complexity index is 1080. The van der Waals surface area contributed by atoms with E-state index in [1.165, 1.54) is 0 Å². The van der Waals surface area contributed by atoms with Gasteiger partial charge < -0.3 is 9.84 Å². The molecule has 0 saturated carbocycles. The molecule has 0 radical (unpaired) electrons. The van der Waals surface area contributed by atoms with E-state index < -0.39 is 21.6 Å². The average Bonchev–Trinajstić information content (AvgIpc) is 3.06. The summed E-state index contributed by atoms with van der Waals surface area (Å²) in [6.45, 7) is 10.3. The monoisotopic (exact) mass is 475 g/mol. The molecule has 0 unspecified atom stereocenters. The molecule has 3 aromatic rings. The number of hydrogen-bond donors (Lipinski definition) is 1. The molecule has 0 aromatic heterocycles. The normalized spacial score (nSPS) is 18.9. The lowest BCUT2D eigenvalue weighted by molar-refractivity contribution is -0.0301. The lowest BCUT2D eigenvalue weighted by Crippen LogP contribution is -2.54. The third-order valence-corrected chi connectivity index (χ3v) is 8.09. The summed E-state index contributed by atoms with van der Waals surface area (Å²) < 4.78 is 4.94. The van der Waals surface area contributed by atoms with E-state index >= 15 is 0 Å². The second-order valence-electron chi connectivity index (χ2n) is 10.1. The van der Waals surface area contributed by atoms with Gasteiger partial charge in [-0.25, -0.2) is 0 Å². The van der Waals surface area contributed by atoms with E-state index in [1.807, 2.05) is 131 Å². The molecule has 1 heterocycles. The molecule has 1 saturated heterocycles. The van der Waals surface area contributed by atoms with Crippen LogP contribution in [-0.2, 0) is 15.1 Å². The zero-order chi connectivity index (χ0) is 24.6. The second-order valence-corrected chi connectivity index (χ2v) is 11.5. The first kappa shape index (κ1) is 24.5. The van der Waals surface area contributed by atoms with Crippen molar-refractivity contribution in [2.75, 3.05) is 6.61 Å². The summed E-state index contributed by atoms with van der Waals surface area (Å²) >= 11 is 1.16. The minimum Gasteiger partial charge on any atom is -0.379 e. The molecular weight excluding hydrogens is 442 g/mol. The number of benzene rings is 3. The second kappa shape index (κ2) is 8.88. The number of aliphatic hydroxyl groups is 1. The Balaban J connectivity index is 1.92. The number of carbonyl (C=O) groups excluding carboxylic acids is 1. The molecule has 1 aliphatic rings. The summed E-state index contributed by atoms with van der Waals surface area (Å²) in [6.07, 6.45) is 0. The molecule has 0 bridgehead atoms. The Morgan fingerprint density at radius 2 is 1.24 bits per heavy atom. The van der Waals surface area contributed by atoms with Crippen LogP contribution in [0, 0.1) is 0 Å². The Morgan fingerprint density at radius 3 is 1.62 bits per heavy atom. The zero-order valence-corrected chi connectivity index (χ0v) is 21.3. The topological polar surface area (TPSA) is 49.8 Å². The third-order valence-electron chi connectivity index (χ3n) is 6.79. The molecule has 0 aliphatic carbocycles. The molecule has 4 nitrogen and oxygen atoms in total. The fourth-order valence-electron chi connectivity index (χ4n) is 5.07. The summed E-state index contributed by atoms with van der Waals surface area (Å²) in [7, 11) is 0. The lowest BCUT2D eigenvalue weighted by atomic mass is 9.73. The number of ether oxygens (including phenoxy) is 1. The van der Waals surface area contributed by atoms with Gasteiger partial charge in [0.1, 0.15) is 11.3 Å². The van der Waals surface area contributed by atoms with Crippen molar-refractivity contribution in [3.8, 4) is 0 Å². The minimum atomic E-state index is -1.49. The predicted molar refractivity (Wildman–Crippen MR) is 139 cm³/mol. The largest absolute Gasteiger partial charge is 0.379 e. The first-order valence-electron chi connectivity index (χ1n) is 11.6. The van der Waals surface area contributed by atoms with Gasteiger partial charge >= 0.3 is 0 Å². The number of carbonyl (C=O) groups is 1. The molecule has 3 aromatic carbocycles. The summed E-state index contributed by atoms with van der Waals surface area (Å²) in [5.41, 5.74) is -0.398. The highest BCUT2D eigenvalue weighted by Crippen LogP contribution is 2.55. The Hall–Kier alpha value is -2.60. The van der Waals surface area contributed by atoms with Crippen molar-refractivity contribution >= 4 is 17.0 Å². The summed E-state index contributed by atoms with van der Waals surface area (Å²) in [5.74, 6) is 0. The van der Waals surface area contributed by atoms with Gasteiger partial charge in [0, 0.05) is 0 Å². The molecule has 1 N–H and O–H groups in total. The van der Waals surface area contributed by atoms with Crippen LogP contribution in [0.25, 0.3) is 0 Å². The summed E-state index contributed by atoms with van der Waals surface area (Å²) in [4.78, 5) is 15.9. The number of amides is 1. The van der Waals surface area contributed by atoms with Gasteiger partial charge in [-0.05, 0) is 63.1 Å². The van der Waals surface area contributed by atoms with Gasteiger partial charge in [-0.3, -0.25) is 9.69 Å². The molecular formula is C29H33NO3S. The number of rotatable bonds is 5. The Kier molecular flexibility index (Phi) is 6.40. The smallest absolute Gasteiger partial charge is 0.285 e. The fraction of sp³-hybridized carbons (Fsp3) is 0.345. The van der Waals surface area contributed by atoms with Gasteiger partial charge in [-0.15, -0.1) is 0 Å². The first-order valence-corrected chi connectivity index (χ1v) is 12.4. The van der Waals surface area contributed by atoms with Gasteiger partial charge in [0.25, 0.3) is 5.24 Å². The maximum Gasteiger partial charge on any atom is 0.285 e. The summed E-state index contributed by atoms with van der Waals surface area (Å²) in [6, 6.07) is 29.0. The van der Waals surface area contributed by atoms with Crippen LogP contribution in [0.3, 0.4) is 0 Å². The van der Waals surface area contributed by atoms with Crippen LogP contribution in [0.2, 0.25) is 0 Å². The molecule has 178 valence electrons. The van der Waals surface area contributed by atoms with E-state index in [9.17, 15) is 9.90 Å². The Labute approximate surface area is 207 Å². The molecule has 1 amide bonds. The maximum absolute atomic E-state index is 14.1. The molecule has 34 heavy (non-hydrogen) atoms. The van der Waals surface area contributed by atoms with Gasteiger partial charge in [-0.2, -0.15) is 0 Å². The van der Waals surface area contributed by atoms with Crippen molar-refractivity contribution in [3.63, 3.8) is 0 Å². The fourth-order valence-corrected chi connectivity index (χ4v) is 6.62. The number of nitrogens with zero attached hydrogens (tertiary/aromatic N) is 1. The highest BCUT2D eigenvalue weighted by Gasteiger charge is 2.56. The van der Waals surface area contributed by atoms with E-state index in [0.717, 1.165) is 28.5 Å². The summed E-state index contributed by atoms with van der Waals surface area (Å²) in [5, 5.41) is 12.6. The van der Waals surface area contributed by atoms with Gasteiger partial charge in [0.05, 0.1) is 16.9 Å². The predicted octanol–water partition coefficient (Wildman–Crippen LogP) is 6.54. The van der Waals surface area contributed by atoms with Crippen LogP contribution in [-0.4, -0.2) is 33.1 Å². The van der Waals surface area contributed by atoms with Crippen LogP contribution in [0.15, 0.2) is 91.0 Å². The van der Waals surface area contributed by atoms with Crippen molar-refractivity contribution in [3.05, 3.63) is 108 Å². The molecule has 4 rings (SSSR count). The minimum absolute atomic E-state index is 0.135. The molecule has 1 atom stereocenters. The van der Waals surface area contributed by atoms with Crippen LogP contribution < -0.4 is 0 Å². The van der Waals surface area contributed by atoms with Crippen molar-refractivity contribution in [2.24, 2.45) is 0 Å². The van der Waals surface area contributed by atoms with Crippen molar-refractivity contribution < 1.29 is 14.6 Å². The third kappa shape index (κ3) is 4.06. The van der Waals surface area contributed by atoms with Crippen molar-refractivity contribution in [2.45, 2.75) is 56.2 Å². The van der Waals surface area contributed by atoms with Crippen LogP contribution >= 0.6 is 11.8 Å². The standard InChI is InChI=1S/C29H33NO3S/c1-26(2)21-33-27(3,4)30(26)25(31)34-28(5,22-15-9-6-10-16-22)29(32,23-17-11-7-12-18-23)24-19-13-8-14-20-24/h6-20,32H,21H2,1-5H3/t28-/m1/s1. The van der Waals surface area contributed by atoms with Crippen molar-refractivity contribution in [1.82, 2.24) is 4.90 Å². The van der Waals surface area contributed by atoms with E-state index in [1.54, 1.807) is 0 Å². The quantitative estimate of drug-likeness (QED) is 0.455. The van der Waals surface area contributed by atoms with Gasteiger partial charge in [-0.1, -0.05) is 91.0 Å². The van der Waals surface area contributed by atoms with Crippen LogP contribution in [0.5, 0.6) is 0 Å². The maximum atomic E-state index is 14.1. The molecule has 1 fully saturated rings. The van der Waals surface area contributed by atoms with E-state index in [-0.39, 0.29) is 5.24 Å². The SMILES string of the molecule is CC1(C)COC(C)(C)N1C(=O)S[C@](C)(c1ccccc1)C(O)(c1ccccc1)c1ccccc1. The van der Waals surface area contributed by atoms with Crippen LogP contribution in [0.1, 0.15) is 51.3 Å². The van der Waals surface area contributed by atoms with E-state index in [0.29, 0.717) is 6.61 Å². The van der Waals surface area contributed by atoms with Gasteiger partial charge in [0.2, 0.25) is 0 Å². The van der Waals surface area contributed by atoms with E-state index in [4.69, 9.17) is 4.74 Å². The van der Waals surface area contributed by atoms with E-state index in [2.05, 4.69) is 0 Å². The van der Waals surface area contributed by atoms with Gasteiger partial charge in [0.15, 0.2) is 0 Å². The molecule has 5 heteroatoms. The number of hydrogen-bond acceptors (Lipinski definition) is 4. The van der Waals surface area contributed by atoms with Crippen molar-refractivity contribution in [1.29, 1.82) is 0 Å². The zero-order valence-electron chi connectivity index (χ0n) is 20.5. The highest BCUT2D eigenvalue weighted by molar-refractivity contribution is 8.14. The molecule has 0 spiro atoms.